The van der Waals surface area contributed by atoms with Crippen LogP contribution in [0.3, 0.4) is 0 Å². The minimum atomic E-state index is -3.61. The Morgan fingerprint density at radius 3 is 2.48 bits per heavy atom. The van der Waals surface area contributed by atoms with Gasteiger partial charge in [0.25, 0.3) is 0 Å². The summed E-state index contributed by atoms with van der Waals surface area (Å²) in [7, 11) is -1.92. The van der Waals surface area contributed by atoms with E-state index < -0.39 is 10.0 Å². The Morgan fingerprint density at radius 2 is 2.00 bits per heavy atom. The summed E-state index contributed by atoms with van der Waals surface area (Å²) in [5.74, 6) is 0.0610. The van der Waals surface area contributed by atoms with Gasteiger partial charge in [-0.25, -0.2) is 13.1 Å². The van der Waals surface area contributed by atoms with E-state index in [2.05, 4.69) is 21.6 Å². The van der Waals surface area contributed by atoms with Crippen LogP contribution in [-0.4, -0.2) is 48.8 Å². The van der Waals surface area contributed by atoms with Crippen molar-refractivity contribution in [3.63, 3.8) is 0 Å². The van der Waals surface area contributed by atoms with Crippen molar-refractivity contribution in [1.82, 2.24) is 19.4 Å². The van der Waals surface area contributed by atoms with Gasteiger partial charge >= 0.3 is 0 Å². The number of nitrogens with one attached hydrogen (secondary N) is 1. The van der Waals surface area contributed by atoms with Crippen LogP contribution in [0.15, 0.2) is 4.90 Å². The van der Waals surface area contributed by atoms with Crippen molar-refractivity contribution in [2.24, 2.45) is 7.05 Å². The van der Waals surface area contributed by atoms with Crippen molar-refractivity contribution >= 4 is 15.8 Å². The number of likely N-dealkylation sites (tertiary alicyclic amines) is 1. The van der Waals surface area contributed by atoms with Gasteiger partial charge in [0.15, 0.2) is 5.82 Å². The number of anilines is 1. The lowest BCUT2D eigenvalue weighted by Crippen LogP contribution is -2.44. The molecule has 0 radical (unpaired) electrons. The Labute approximate surface area is 126 Å². The highest BCUT2D eigenvalue weighted by Crippen LogP contribution is 2.22. The highest BCUT2D eigenvalue weighted by molar-refractivity contribution is 7.89. The van der Waals surface area contributed by atoms with Crippen LogP contribution in [-0.2, 0) is 17.1 Å². The number of aromatic nitrogens is 2. The molecular formula is C13H25N5O2S. The zero-order chi connectivity index (χ0) is 15.6. The van der Waals surface area contributed by atoms with Gasteiger partial charge in [-0.1, -0.05) is 6.92 Å². The lowest BCUT2D eigenvalue weighted by Gasteiger charge is -2.31. The topological polar surface area (TPSA) is 93.2 Å². The van der Waals surface area contributed by atoms with E-state index in [1.807, 2.05) is 0 Å². The number of hydrogen-bond acceptors (Lipinski definition) is 5. The fraction of sp³-hybridized carbons (Fsp3) is 0.769. The Kier molecular flexibility index (Phi) is 4.90. The molecule has 21 heavy (non-hydrogen) atoms. The van der Waals surface area contributed by atoms with Gasteiger partial charge in [-0.3, -0.25) is 4.68 Å². The lowest BCUT2D eigenvalue weighted by molar-refractivity contribution is 0.208. The van der Waals surface area contributed by atoms with Gasteiger partial charge in [0.2, 0.25) is 10.0 Å². The summed E-state index contributed by atoms with van der Waals surface area (Å²) in [5.41, 5.74) is 6.29. The van der Waals surface area contributed by atoms with Gasteiger partial charge in [0.1, 0.15) is 4.90 Å². The molecule has 1 aromatic rings. The number of nitrogens with two attached hydrogens (primary N) is 1. The second-order valence-electron chi connectivity index (χ2n) is 5.66. The van der Waals surface area contributed by atoms with Crippen LogP contribution in [0.5, 0.6) is 0 Å². The molecule has 0 amide bonds. The number of nitrogen functional groups attached to an aromatic ring is 1. The molecule has 3 N–H and O–H groups in total. The second kappa shape index (κ2) is 6.33. The molecule has 0 saturated carbocycles. The van der Waals surface area contributed by atoms with Crippen LogP contribution in [0.4, 0.5) is 5.82 Å². The minimum absolute atomic E-state index is 0.0258. The van der Waals surface area contributed by atoms with Gasteiger partial charge in [-0.15, -0.1) is 0 Å². The molecular weight excluding hydrogens is 290 g/mol. The van der Waals surface area contributed by atoms with Crippen molar-refractivity contribution < 1.29 is 8.42 Å². The first-order chi connectivity index (χ1) is 9.85. The molecule has 1 aromatic heterocycles. The fourth-order valence-corrected chi connectivity index (χ4v) is 4.44. The molecule has 1 aliphatic rings. The molecule has 0 aromatic carbocycles. The summed E-state index contributed by atoms with van der Waals surface area (Å²) in [5, 5.41) is 3.97. The highest BCUT2D eigenvalue weighted by atomic mass is 32.2. The zero-order valence-electron chi connectivity index (χ0n) is 13.0. The monoisotopic (exact) mass is 315 g/mol. The third kappa shape index (κ3) is 3.56. The molecule has 0 spiro atoms. The van der Waals surface area contributed by atoms with Gasteiger partial charge < -0.3 is 10.6 Å². The molecule has 8 heteroatoms. The lowest BCUT2D eigenvalue weighted by atomic mass is 10.1. The number of rotatable bonds is 5. The van der Waals surface area contributed by atoms with Crippen molar-refractivity contribution in [2.45, 2.75) is 44.0 Å². The predicted octanol–water partition coefficient (Wildman–Crippen LogP) is 0.463. The van der Waals surface area contributed by atoms with Gasteiger partial charge in [0, 0.05) is 13.1 Å². The molecule has 1 aliphatic heterocycles. The number of hydrogen-bond donors (Lipinski definition) is 2. The van der Waals surface area contributed by atoms with E-state index in [1.165, 1.54) is 4.68 Å². The van der Waals surface area contributed by atoms with E-state index >= 15 is 0 Å². The number of nitrogens with zero attached hydrogens (tertiary/aromatic N) is 3. The average molecular weight is 315 g/mol. The maximum Gasteiger partial charge on any atom is 0.246 e. The van der Waals surface area contributed by atoms with Crippen LogP contribution in [0.1, 0.15) is 31.9 Å². The molecule has 120 valence electrons. The summed E-state index contributed by atoms with van der Waals surface area (Å²) in [6.07, 6.45) is 2.79. The first-order valence-corrected chi connectivity index (χ1v) is 8.87. The maximum atomic E-state index is 12.5. The smallest absolute Gasteiger partial charge is 0.246 e. The standard InChI is InChI=1S/C13H25N5O2S/c1-4-7-18-8-5-11(6-9-18)16-21(19,20)12-10(2)17(3)15-13(12)14/h11,16H,4-9H2,1-3H3,(H2,14,15). The Hall–Kier alpha value is -1.12. The molecule has 0 bridgehead atoms. The van der Waals surface area contributed by atoms with Crippen molar-refractivity contribution in [1.29, 1.82) is 0 Å². The summed E-state index contributed by atoms with van der Waals surface area (Å²) in [4.78, 5) is 2.48. The summed E-state index contributed by atoms with van der Waals surface area (Å²) in [6.45, 7) is 6.81. The average Bonchev–Trinajstić information content (AvgIpc) is 2.66. The first kappa shape index (κ1) is 16.3. The summed E-state index contributed by atoms with van der Waals surface area (Å²) in [6, 6.07) is -0.0258. The molecule has 0 aliphatic carbocycles. The van der Waals surface area contributed by atoms with Crippen molar-refractivity contribution in [2.75, 3.05) is 25.4 Å². The SMILES string of the molecule is CCCN1CCC(NS(=O)(=O)c2c(N)nn(C)c2C)CC1. The van der Waals surface area contributed by atoms with E-state index in [-0.39, 0.29) is 16.8 Å². The molecule has 0 atom stereocenters. The molecule has 7 nitrogen and oxygen atoms in total. The normalized spacial score (nSPS) is 18.2. The van der Waals surface area contributed by atoms with E-state index in [0.717, 1.165) is 38.9 Å². The van der Waals surface area contributed by atoms with Gasteiger partial charge in [-0.2, -0.15) is 5.10 Å². The Bertz CT molecular complexity index is 588. The van der Waals surface area contributed by atoms with Crippen LogP contribution in [0.2, 0.25) is 0 Å². The largest absolute Gasteiger partial charge is 0.381 e. The molecule has 1 saturated heterocycles. The zero-order valence-corrected chi connectivity index (χ0v) is 13.8. The first-order valence-electron chi connectivity index (χ1n) is 7.39. The number of sulfonamides is 1. The van der Waals surface area contributed by atoms with Crippen LogP contribution >= 0.6 is 0 Å². The van der Waals surface area contributed by atoms with Crippen LogP contribution < -0.4 is 10.5 Å². The number of piperidine rings is 1. The highest BCUT2D eigenvalue weighted by Gasteiger charge is 2.29. The molecule has 2 rings (SSSR count). The third-order valence-corrected chi connectivity index (χ3v) is 5.71. The Balaban J connectivity index is 2.06. The fourth-order valence-electron chi connectivity index (χ4n) is 2.82. The van der Waals surface area contributed by atoms with Crippen molar-refractivity contribution in [3.05, 3.63) is 5.69 Å². The molecule has 1 fully saturated rings. The van der Waals surface area contributed by atoms with Gasteiger partial charge in [-0.05, 0) is 45.8 Å². The van der Waals surface area contributed by atoms with E-state index in [9.17, 15) is 8.42 Å². The van der Waals surface area contributed by atoms with E-state index in [0.29, 0.717) is 5.69 Å². The predicted molar refractivity (Wildman–Crippen MR) is 82.4 cm³/mol. The van der Waals surface area contributed by atoms with Crippen molar-refractivity contribution in [3.8, 4) is 0 Å². The van der Waals surface area contributed by atoms with E-state index in [4.69, 9.17) is 5.73 Å². The number of aryl methyl sites for hydroxylation is 1. The summed E-state index contributed by atoms with van der Waals surface area (Å²) < 4.78 is 29.3. The van der Waals surface area contributed by atoms with E-state index in [1.54, 1.807) is 14.0 Å². The third-order valence-electron chi connectivity index (χ3n) is 4.02. The second-order valence-corrected chi connectivity index (χ2v) is 7.31. The van der Waals surface area contributed by atoms with Crippen LogP contribution in [0, 0.1) is 6.92 Å². The maximum absolute atomic E-state index is 12.5. The quantitative estimate of drug-likeness (QED) is 0.823. The molecule has 0 unspecified atom stereocenters. The minimum Gasteiger partial charge on any atom is -0.381 e. The molecule has 2 heterocycles. The van der Waals surface area contributed by atoms with Gasteiger partial charge in [0.05, 0.1) is 5.69 Å². The summed E-state index contributed by atoms with van der Waals surface area (Å²) >= 11 is 0. The van der Waals surface area contributed by atoms with Crippen LogP contribution in [0.25, 0.3) is 0 Å². The Morgan fingerprint density at radius 1 is 1.38 bits per heavy atom.